The molecule has 50 valence electrons. The van der Waals surface area contributed by atoms with Crippen LogP contribution in [0.1, 0.15) is 19.8 Å². The van der Waals surface area contributed by atoms with Gasteiger partial charge in [-0.2, -0.15) is 10.4 Å². The van der Waals surface area contributed by atoms with Crippen molar-refractivity contribution < 1.29 is 15.2 Å². The highest BCUT2D eigenvalue weighted by molar-refractivity contribution is 4.25. The highest BCUT2D eigenvalue weighted by atomic mass is 16.8. The minimum Gasteiger partial charge on any atom is -0.182 e. The maximum Gasteiger partial charge on any atom is 0.141 e. The molecule has 8 heavy (non-hydrogen) atoms. The molecule has 0 aromatic rings. The van der Waals surface area contributed by atoms with Crippen LogP contribution in [0.2, 0.25) is 0 Å². The van der Waals surface area contributed by atoms with E-state index in [1.807, 2.05) is 6.92 Å². The zero-order chi connectivity index (χ0) is 6.62. The molecule has 0 aliphatic heterocycles. The summed E-state index contributed by atoms with van der Waals surface area (Å²) >= 11 is 0. The molecule has 0 amide bonds. The standard InChI is InChI=1S/C5H14NO2/c1-3-4-5-6(2,7)8/h7-8H,3-5H2,1-2H3/q+1. The minimum atomic E-state index is -0.895. The Balaban J connectivity index is 3.11. The number of hydrogen-bond acceptors (Lipinski definition) is 2. The van der Waals surface area contributed by atoms with Gasteiger partial charge in [-0.15, -0.1) is 0 Å². The topological polar surface area (TPSA) is 40.5 Å². The van der Waals surface area contributed by atoms with Crippen molar-refractivity contribution in [1.82, 2.24) is 0 Å². The van der Waals surface area contributed by atoms with E-state index in [1.165, 1.54) is 7.05 Å². The van der Waals surface area contributed by atoms with Crippen LogP contribution in [-0.2, 0) is 0 Å². The number of hydrogen-bond donors (Lipinski definition) is 2. The summed E-state index contributed by atoms with van der Waals surface area (Å²) in [5, 5.41) is 17.3. The van der Waals surface area contributed by atoms with Gasteiger partial charge in [-0.25, -0.2) is 0 Å². The second-order valence-corrected chi connectivity index (χ2v) is 2.17. The van der Waals surface area contributed by atoms with Crippen LogP contribution in [0.5, 0.6) is 0 Å². The molecule has 3 nitrogen and oxygen atoms in total. The summed E-state index contributed by atoms with van der Waals surface area (Å²) in [7, 11) is 1.34. The highest BCUT2D eigenvalue weighted by Crippen LogP contribution is 1.94. The van der Waals surface area contributed by atoms with Gasteiger partial charge in [0.05, 0.1) is 0 Å². The molecule has 3 heteroatoms. The molecular formula is C5H14NO2+. The van der Waals surface area contributed by atoms with Crippen LogP contribution in [0.3, 0.4) is 0 Å². The molecular weight excluding hydrogens is 106 g/mol. The fourth-order valence-corrected chi connectivity index (χ4v) is 0.458. The molecule has 0 aromatic carbocycles. The van der Waals surface area contributed by atoms with E-state index in [2.05, 4.69) is 0 Å². The molecule has 0 unspecified atom stereocenters. The number of hydroxylamine groups is 4. The molecule has 0 aliphatic carbocycles. The summed E-state index contributed by atoms with van der Waals surface area (Å²) in [6.07, 6.45) is 1.85. The summed E-state index contributed by atoms with van der Waals surface area (Å²) in [5.41, 5.74) is 0. The van der Waals surface area contributed by atoms with Gasteiger partial charge in [0.2, 0.25) is 0 Å². The molecule has 0 saturated carbocycles. The quantitative estimate of drug-likeness (QED) is 0.431. The maximum absolute atomic E-state index is 8.64. The average molecular weight is 120 g/mol. The molecule has 2 N–H and O–H groups in total. The summed E-state index contributed by atoms with van der Waals surface area (Å²) in [5.74, 6) is 0. The Morgan fingerprint density at radius 3 is 2.00 bits per heavy atom. The molecule has 0 bridgehead atoms. The van der Waals surface area contributed by atoms with E-state index in [1.54, 1.807) is 0 Å². The van der Waals surface area contributed by atoms with Crippen molar-refractivity contribution in [2.45, 2.75) is 19.8 Å². The predicted octanol–water partition coefficient (Wildman–Crippen LogP) is 1.01. The Morgan fingerprint density at radius 1 is 1.38 bits per heavy atom. The normalized spacial score (nSPS) is 12.0. The number of quaternary nitrogens is 1. The lowest BCUT2D eigenvalue weighted by Gasteiger charge is -2.13. The van der Waals surface area contributed by atoms with Crippen LogP contribution in [0.4, 0.5) is 0 Å². The first kappa shape index (κ1) is 7.88. The van der Waals surface area contributed by atoms with Crippen molar-refractivity contribution in [3.05, 3.63) is 0 Å². The van der Waals surface area contributed by atoms with Gasteiger partial charge in [0.25, 0.3) is 0 Å². The molecule has 0 aliphatic rings. The smallest absolute Gasteiger partial charge is 0.141 e. The summed E-state index contributed by atoms with van der Waals surface area (Å²) < 4.78 is 0. The lowest BCUT2D eigenvalue weighted by atomic mass is 10.3. The Morgan fingerprint density at radius 2 is 1.88 bits per heavy atom. The number of unbranched alkanes of at least 4 members (excludes halogenated alkanes) is 1. The van der Waals surface area contributed by atoms with Gasteiger partial charge in [0, 0.05) is 6.42 Å². The monoisotopic (exact) mass is 120 g/mol. The zero-order valence-electron chi connectivity index (χ0n) is 5.46. The van der Waals surface area contributed by atoms with Crippen LogP contribution < -0.4 is 0 Å². The van der Waals surface area contributed by atoms with E-state index in [0.29, 0.717) is 6.54 Å². The third-order valence-electron chi connectivity index (χ3n) is 0.935. The van der Waals surface area contributed by atoms with Crippen molar-refractivity contribution in [2.75, 3.05) is 13.6 Å². The van der Waals surface area contributed by atoms with Gasteiger partial charge in [-0.1, -0.05) is 18.2 Å². The Kier molecular flexibility index (Phi) is 2.97. The molecule has 0 radical (unpaired) electrons. The largest absolute Gasteiger partial charge is 0.182 e. The Hall–Kier alpha value is -0.120. The van der Waals surface area contributed by atoms with Crippen LogP contribution >= 0.6 is 0 Å². The van der Waals surface area contributed by atoms with Crippen LogP contribution in [-0.4, -0.2) is 28.8 Å². The van der Waals surface area contributed by atoms with Gasteiger partial charge in [0.1, 0.15) is 13.6 Å². The summed E-state index contributed by atoms with van der Waals surface area (Å²) in [6.45, 7) is 2.42. The van der Waals surface area contributed by atoms with E-state index in [4.69, 9.17) is 10.4 Å². The first-order valence-electron chi connectivity index (χ1n) is 2.87. The molecule has 0 heterocycles. The predicted molar refractivity (Wildman–Crippen MR) is 29.5 cm³/mol. The second-order valence-electron chi connectivity index (χ2n) is 2.17. The summed E-state index contributed by atoms with van der Waals surface area (Å²) in [4.78, 5) is -0.895. The Labute approximate surface area is 49.7 Å². The first-order valence-corrected chi connectivity index (χ1v) is 2.87. The molecule has 0 saturated heterocycles. The maximum atomic E-state index is 8.64. The molecule has 0 rings (SSSR count). The van der Waals surface area contributed by atoms with Crippen molar-refractivity contribution >= 4 is 0 Å². The van der Waals surface area contributed by atoms with Crippen LogP contribution in [0.25, 0.3) is 0 Å². The van der Waals surface area contributed by atoms with Crippen LogP contribution in [0.15, 0.2) is 0 Å². The first-order chi connectivity index (χ1) is 3.56. The van der Waals surface area contributed by atoms with E-state index in [9.17, 15) is 0 Å². The zero-order valence-corrected chi connectivity index (χ0v) is 5.46. The molecule has 0 fully saturated rings. The van der Waals surface area contributed by atoms with Gasteiger partial charge in [-0.3, -0.25) is 0 Å². The summed E-state index contributed by atoms with van der Waals surface area (Å²) in [6, 6.07) is 0. The molecule has 0 atom stereocenters. The van der Waals surface area contributed by atoms with Crippen molar-refractivity contribution in [3.8, 4) is 0 Å². The van der Waals surface area contributed by atoms with E-state index >= 15 is 0 Å². The number of nitrogens with zero attached hydrogens (tertiary/aromatic N) is 1. The SMILES string of the molecule is CCCC[N+](C)(O)O. The van der Waals surface area contributed by atoms with E-state index < -0.39 is 4.81 Å². The molecule has 0 aromatic heterocycles. The minimum absolute atomic E-state index is 0.413. The average Bonchev–Trinajstić information content (AvgIpc) is 1.59. The Bertz CT molecular complexity index is 57.9. The second kappa shape index (κ2) is 3.02. The fraction of sp³-hybridized carbons (Fsp3) is 1.00. The van der Waals surface area contributed by atoms with Gasteiger partial charge in [-0.05, 0) is 0 Å². The lowest BCUT2D eigenvalue weighted by molar-refractivity contribution is -1.23. The number of rotatable bonds is 3. The fourth-order valence-electron chi connectivity index (χ4n) is 0.458. The van der Waals surface area contributed by atoms with Crippen molar-refractivity contribution in [2.24, 2.45) is 0 Å². The van der Waals surface area contributed by atoms with E-state index in [0.717, 1.165) is 12.8 Å². The van der Waals surface area contributed by atoms with Crippen molar-refractivity contribution in [1.29, 1.82) is 0 Å². The van der Waals surface area contributed by atoms with Gasteiger partial charge in [0.15, 0.2) is 0 Å². The third kappa shape index (κ3) is 5.88. The third-order valence-corrected chi connectivity index (χ3v) is 0.935. The van der Waals surface area contributed by atoms with Gasteiger partial charge < -0.3 is 0 Å². The lowest BCUT2D eigenvalue weighted by Crippen LogP contribution is -2.36. The van der Waals surface area contributed by atoms with E-state index in [-0.39, 0.29) is 0 Å². The van der Waals surface area contributed by atoms with Gasteiger partial charge >= 0.3 is 0 Å². The van der Waals surface area contributed by atoms with Crippen LogP contribution in [0, 0.1) is 0 Å². The molecule has 0 spiro atoms. The van der Waals surface area contributed by atoms with Crippen molar-refractivity contribution in [3.63, 3.8) is 0 Å². The highest BCUT2D eigenvalue weighted by Gasteiger charge is 2.11.